The second kappa shape index (κ2) is 7.03. The summed E-state index contributed by atoms with van der Waals surface area (Å²) in [7, 11) is -3.77. The van der Waals surface area contributed by atoms with Gasteiger partial charge in [0.2, 0.25) is 15.9 Å². The Balaban J connectivity index is 2.78. The van der Waals surface area contributed by atoms with Gasteiger partial charge in [-0.1, -0.05) is 6.92 Å². The second-order valence-electron chi connectivity index (χ2n) is 4.27. The first kappa shape index (κ1) is 16.1. The van der Waals surface area contributed by atoms with E-state index in [0.717, 1.165) is 6.42 Å². The quantitative estimate of drug-likeness (QED) is 0.809. The molecule has 1 rings (SSSR count). The number of hydrogen-bond acceptors (Lipinski definition) is 4. The first-order valence-corrected chi connectivity index (χ1v) is 7.69. The number of nitriles is 1. The lowest BCUT2D eigenvalue weighted by Crippen LogP contribution is -2.44. The minimum atomic E-state index is -3.77. The number of carbonyl (C=O) groups excluding carboxylic acids is 1. The van der Waals surface area contributed by atoms with Crippen LogP contribution in [0.4, 0.5) is 0 Å². The molecule has 0 aliphatic heterocycles. The molecule has 6 nitrogen and oxygen atoms in total. The second-order valence-corrected chi connectivity index (χ2v) is 5.98. The molecule has 1 amide bonds. The van der Waals surface area contributed by atoms with Crippen LogP contribution in [0.1, 0.15) is 25.8 Å². The van der Waals surface area contributed by atoms with Crippen molar-refractivity contribution in [2.45, 2.75) is 31.2 Å². The highest BCUT2D eigenvalue weighted by atomic mass is 32.2. The zero-order valence-electron chi connectivity index (χ0n) is 11.4. The molecule has 0 fully saturated rings. The van der Waals surface area contributed by atoms with E-state index in [0.29, 0.717) is 12.1 Å². The van der Waals surface area contributed by atoms with Crippen LogP contribution in [0.5, 0.6) is 0 Å². The summed E-state index contributed by atoms with van der Waals surface area (Å²) in [5.74, 6) is -0.371. The highest BCUT2D eigenvalue weighted by Gasteiger charge is 2.21. The highest BCUT2D eigenvalue weighted by molar-refractivity contribution is 7.89. The van der Waals surface area contributed by atoms with E-state index in [1.54, 1.807) is 0 Å². The lowest BCUT2D eigenvalue weighted by Gasteiger charge is -2.14. The van der Waals surface area contributed by atoms with Crippen molar-refractivity contribution in [3.8, 4) is 6.07 Å². The topological polar surface area (TPSA) is 99.1 Å². The summed E-state index contributed by atoms with van der Waals surface area (Å²) in [6.45, 7) is 3.89. The van der Waals surface area contributed by atoms with E-state index >= 15 is 0 Å². The lowest BCUT2D eigenvalue weighted by molar-refractivity contribution is -0.122. The average molecular weight is 295 g/mol. The minimum absolute atomic E-state index is 0.0200. The standard InChI is InChI=1S/C13H17N3O3S/c1-3-8-15-13(17)10(2)16-20(18,19)12-6-4-11(9-14)5-7-12/h4-7,10,16H,3,8H2,1-2H3,(H,15,17)/t10-/m0/s1. The molecule has 0 aliphatic carbocycles. The van der Waals surface area contributed by atoms with Crippen molar-refractivity contribution in [2.75, 3.05) is 6.54 Å². The Kier molecular flexibility index (Phi) is 5.67. The smallest absolute Gasteiger partial charge is 0.241 e. The molecule has 0 aliphatic rings. The molecule has 0 saturated heterocycles. The molecule has 108 valence electrons. The number of nitrogens with zero attached hydrogens (tertiary/aromatic N) is 1. The Morgan fingerprint density at radius 1 is 1.35 bits per heavy atom. The number of hydrogen-bond donors (Lipinski definition) is 2. The fraction of sp³-hybridized carbons (Fsp3) is 0.385. The molecule has 7 heteroatoms. The summed E-state index contributed by atoms with van der Waals surface area (Å²) in [6, 6.07) is 6.54. The maximum Gasteiger partial charge on any atom is 0.241 e. The third kappa shape index (κ3) is 4.33. The van der Waals surface area contributed by atoms with E-state index < -0.39 is 16.1 Å². The molecule has 0 bridgehead atoms. The van der Waals surface area contributed by atoms with Crippen LogP contribution < -0.4 is 10.0 Å². The van der Waals surface area contributed by atoms with Gasteiger partial charge >= 0.3 is 0 Å². The minimum Gasteiger partial charge on any atom is -0.355 e. The normalized spacial score (nSPS) is 12.4. The van der Waals surface area contributed by atoms with Crippen molar-refractivity contribution in [3.63, 3.8) is 0 Å². The Morgan fingerprint density at radius 2 is 1.95 bits per heavy atom. The molecule has 0 radical (unpaired) electrons. The van der Waals surface area contributed by atoms with Gasteiger partial charge in [-0.2, -0.15) is 9.98 Å². The number of sulfonamides is 1. The van der Waals surface area contributed by atoms with Crippen molar-refractivity contribution in [2.24, 2.45) is 0 Å². The van der Waals surface area contributed by atoms with Gasteiger partial charge in [0.15, 0.2) is 0 Å². The van der Waals surface area contributed by atoms with Gasteiger partial charge in [-0.25, -0.2) is 8.42 Å². The van der Waals surface area contributed by atoms with Crippen LogP contribution in [-0.2, 0) is 14.8 Å². The molecule has 0 saturated carbocycles. The molecular weight excluding hydrogens is 278 g/mol. The van der Waals surface area contributed by atoms with Crippen molar-refractivity contribution < 1.29 is 13.2 Å². The van der Waals surface area contributed by atoms with Crippen molar-refractivity contribution in [1.82, 2.24) is 10.0 Å². The van der Waals surface area contributed by atoms with Crippen LogP contribution in [0.2, 0.25) is 0 Å². The summed E-state index contributed by atoms with van der Waals surface area (Å²) in [6.07, 6.45) is 0.779. The zero-order valence-corrected chi connectivity index (χ0v) is 12.2. The van der Waals surface area contributed by atoms with E-state index in [2.05, 4.69) is 10.0 Å². The van der Waals surface area contributed by atoms with Crippen LogP contribution in [0.15, 0.2) is 29.2 Å². The molecule has 2 N–H and O–H groups in total. The van der Waals surface area contributed by atoms with Gasteiger partial charge < -0.3 is 5.32 Å². The molecule has 1 atom stereocenters. The largest absolute Gasteiger partial charge is 0.355 e. The summed E-state index contributed by atoms with van der Waals surface area (Å²) >= 11 is 0. The fourth-order valence-electron chi connectivity index (χ4n) is 1.46. The van der Waals surface area contributed by atoms with Crippen LogP contribution >= 0.6 is 0 Å². The van der Waals surface area contributed by atoms with Crippen molar-refractivity contribution in [3.05, 3.63) is 29.8 Å². The number of benzene rings is 1. The fourth-order valence-corrected chi connectivity index (χ4v) is 2.67. The number of carbonyl (C=O) groups is 1. The predicted octanol–water partition coefficient (Wildman–Crippen LogP) is 0.751. The predicted molar refractivity (Wildman–Crippen MR) is 74.2 cm³/mol. The van der Waals surface area contributed by atoms with E-state index in [-0.39, 0.29) is 10.8 Å². The van der Waals surface area contributed by atoms with Gasteiger partial charge in [-0.05, 0) is 37.6 Å². The Labute approximate surface area is 118 Å². The molecule has 1 aromatic rings. The van der Waals surface area contributed by atoms with E-state index in [9.17, 15) is 13.2 Å². The number of nitrogens with one attached hydrogen (secondary N) is 2. The van der Waals surface area contributed by atoms with Crippen LogP contribution in [0, 0.1) is 11.3 Å². The first-order chi connectivity index (χ1) is 9.40. The van der Waals surface area contributed by atoms with Gasteiger partial charge in [0.1, 0.15) is 0 Å². The van der Waals surface area contributed by atoms with Crippen LogP contribution in [0.25, 0.3) is 0 Å². The summed E-state index contributed by atoms with van der Waals surface area (Å²) < 4.78 is 26.4. The van der Waals surface area contributed by atoms with Crippen LogP contribution in [0.3, 0.4) is 0 Å². The molecule has 20 heavy (non-hydrogen) atoms. The maximum absolute atomic E-state index is 12.0. The Hall–Kier alpha value is -1.91. The summed E-state index contributed by atoms with van der Waals surface area (Å²) in [5.41, 5.74) is 0.373. The molecule has 0 spiro atoms. The van der Waals surface area contributed by atoms with Gasteiger partial charge in [0, 0.05) is 6.54 Å². The van der Waals surface area contributed by atoms with Gasteiger partial charge in [-0.15, -0.1) is 0 Å². The van der Waals surface area contributed by atoms with Gasteiger partial charge in [0.25, 0.3) is 0 Å². The first-order valence-electron chi connectivity index (χ1n) is 6.21. The monoisotopic (exact) mass is 295 g/mol. The third-order valence-electron chi connectivity index (χ3n) is 2.57. The number of amides is 1. The summed E-state index contributed by atoms with van der Waals surface area (Å²) in [5, 5.41) is 11.3. The molecule has 1 aromatic carbocycles. The highest BCUT2D eigenvalue weighted by Crippen LogP contribution is 2.10. The molecule has 0 aromatic heterocycles. The molecule has 0 unspecified atom stereocenters. The summed E-state index contributed by atoms with van der Waals surface area (Å²) in [4.78, 5) is 11.7. The van der Waals surface area contributed by atoms with Crippen molar-refractivity contribution >= 4 is 15.9 Å². The van der Waals surface area contributed by atoms with Gasteiger partial charge in [0.05, 0.1) is 22.6 Å². The Bertz CT molecular complexity index is 603. The van der Waals surface area contributed by atoms with Gasteiger partial charge in [-0.3, -0.25) is 4.79 Å². The lowest BCUT2D eigenvalue weighted by atomic mass is 10.2. The third-order valence-corrected chi connectivity index (χ3v) is 4.12. The van der Waals surface area contributed by atoms with Crippen molar-refractivity contribution in [1.29, 1.82) is 5.26 Å². The molecular formula is C13H17N3O3S. The Morgan fingerprint density at radius 3 is 2.45 bits per heavy atom. The van der Waals surface area contributed by atoms with Crippen LogP contribution in [-0.4, -0.2) is 26.9 Å². The number of rotatable bonds is 6. The van der Waals surface area contributed by atoms with E-state index in [4.69, 9.17) is 5.26 Å². The molecule has 0 heterocycles. The average Bonchev–Trinajstić information content (AvgIpc) is 2.44. The SMILES string of the molecule is CCCNC(=O)[C@H](C)NS(=O)(=O)c1ccc(C#N)cc1. The zero-order chi connectivity index (χ0) is 15.2. The van der Waals surface area contributed by atoms with E-state index in [1.807, 2.05) is 13.0 Å². The maximum atomic E-state index is 12.0. The van der Waals surface area contributed by atoms with E-state index in [1.165, 1.54) is 31.2 Å².